The van der Waals surface area contributed by atoms with Crippen LogP contribution in [0.5, 0.6) is 0 Å². The number of aryl methyl sites for hydroxylation is 1. The van der Waals surface area contributed by atoms with Crippen LogP contribution in [0.15, 0.2) is 35.4 Å². The molecule has 1 heterocycles. The first-order valence-electron chi connectivity index (χ1n) is 6.39. The van der Waals surface area contributed by atoms with Crippen molar-refractivity contribution in [2.75, 3.05) is 20.8 Å². The topological polar surface area (TPSA) is 77.5 Å². The molecular formula is C14H18N2O4S. The third kappa shape index (κ3) is 3.38. The summed E-state index contributed by atoms with van der Waals surface area (Å²) in [6, 6.07) is 6.78. The summed E-state index contributed by atoms with van der Waals surface area (Å²) in [4.78, 5) is 4.44. The monoisotopic (exact) mass is 310 g/mol. The smallest absolute Gasteiger partial charge is 0.241 e. The number of nitrogens with one attached hydrogen (secondary N) is 1. The Morgan fingerprint density at radius 3 is 2.62 bits per heavy atom. The molecule has 1 aromatic heterocycles. The van der Waals surface area contributed by atoms with E-state index in [9.17, 15) is 8.42 Å². The zero-order valence-electron chi connectivity index (χ0n) is 12.2. The van der Waals surface area contributed by atoms with E-state index in [0.29, 0.717) is 10.9 Å². The molecule has 0 bridgehead atoms. The summed E-state index contributed by atoms with van der Waals surface area (Å²) in [6.45, 7) is 1.93. The number of rotatable bonds is 6. The first kappa shape index (κ1) is 15.8. The summed E-state index contributed by atoms with van der Waals surface area (Å²) in [5.74, 6) is 0. The van der Waals surface area contributed by atoms with Gasteiger partial charge in [-0.1, -0.05) is 6.07 Å². The van der Waals surface area contributed by atoms with Crippen molar-refractivity contribution < 1.29 is 17.9 Å². The Bertz CT molecular complexity index is 727. The molecule has 0 amide bonds. The standard InChI is InChI=1S/C14H18N2O4S/c1-10-6-7-12(11-5-4-8-15-14(10)11)21(17,18)16-9-13(19-2)20-3/h4-8,13,16H,9H2,1-3H3. The highest BCUT2D eigenvalue weighted by Gasteiger charge is 2.20. The van der Waals surface area contributed by atoms with Gasteiger partial charge in [-0.3, -0.25) is 4.98 Å². The molecule has 0 spiro atoms. The second-order valence-corrected chi connectivity index (χ2v) is 6.27. The average Bonchev–Trinajstić information content (AvgIpc) is 2.48. The lowest BCUT2D eigenvalue weighted by Crippen LogP contribution is -2.34. The first-order chi connectivity index (χ1) is 9.99. The van der Waals surface area contributed by atoms with E-state index in [1.807, 2.05) is 6.92 Å². The summed E-state index contributed by atoms with van der Waals surface area (Å²) in [6.07, 6.45) is 1.01. The van der Waals surface area contributed by atoms with Crippen LogP contribution in [0.4, 0.5) is 0 Å². The highest BCUT2D eigenvalue weighted by molar-refractivity contribution is 7.89. The van der Waals surface area contributed by atoms with E-state index in [4.69, 9.17) is 9.47 Å². The SMILES string of the molecule is COC(CNS(=O)(=O)c1ccc(C)c2ncccc12)OC. The van der Waals surface area contributed by atoms with Gasteiger partial charge in [0, 0.05) is 25.8 Å². The van der Waals surface area contributed by atoms with Crippen LogP contribution in [0.3, 0.4) is 0 Å². The molecule has 0 aliphatic rings. The molecule has 2 aromatic rings. The molecule has 1 N–H and O–H groups in total. The van der Waals surface area contributed by atoms with Crippen LogP contribution in [0.25, 0.3) is 10.9 Å². The van der Waals surface area contributed by atoms with Crippen LogP contribution in [0.2, 0.25) is 0 Å². The fourth-order valence-corrected chi connectivity index (χ4v) is 3.25. The molecule has 0 saturated carbocycles. The van der Waals surface area contributed by atoms with Gasteiger partial charge in [-0.05, 0) is 30.7 Å². The highest BCUT2D eigenvalue weighted by atomic mass is 32.2. The quantitative estimate of drug-likeness (QED) is 0.817. The Labute approximate surface area is 124 Å². The van der Waals surface area contributed by atoms with Crippen LogP contribution in [0, 0.1) is 6.92 Å². The minimum atomic E-state index is -3.67. The minimum absolute atomic E-state index is 0.0327. The number of aromatic nitrogens is 1. The van der Waals surface area contributed by atoms with E-state index in [1.54, 1.807) is 30.5 Å². The van der Waals surface area contributed by atoms with Crippen LogP contribution in [-0.4, -0.2) is 40.5 Å². The number of hydrogen-bond acceptors (Lipinski definition) is 5. The number of sulfonamides is 1. The maximum Gasteiger partial charge on any atom is 0.241 e. The normalized spacial score (nSPS) is 12.2. The van der Waals surface area contributed by atoms with Crippen molar-refractivity contribution in [3.05, 3.63) is 36.0 Å². The van der Waals surface area contributed by atoms with Crippen molar-refractivity contribution >= 4 is 20.9 Å². The van der Waals surface area contributed by atoms with Crippen molar-refractivity contribution in [1.29, 1.82) is 0 Å². The van der Waals surface area contributed by atoms with Crippen LogP contribution in [-0.2, 0) is 19.5 Å². The molecule has 0 aliphatic carbocycles. The van der Waals surface area contributed by atoms with Gasteiger partial charge in [0.25, 0.3) is 0 Å². The van der Waals surface area contributed by atoms with Crippen LogP contribution >= 0.6 is 0 Å². The molecule has 0 fully saturated rings. The summed E-state index contributed by atoms with van der Waals surface area (Å²) < 4.78 is 37.3. The summed E-state index contributed by atoms with van der Waals surface area (Å²) >= 11 is 0. The molecular weight excluding hydrogens is 292 g/mol. The van der Waals surface area contributed by atoms with Gasteiger partial charge in [0.2, 0.25) is 10.0 Å². The van der Waals surface area contributed by atoms with E-state index in [1.165, 1.54) is 14.2 Å². The van der Waals surface area contributed by atoms with E-state index in [-0.39, 0.29) is 11.4 Å². The molecule has 0 unspecified atom stereocenters. The van der Waals surface area contributed by atoms with Crippen molar-refractivity contribution in [2.45, 2.75) is 18.1 Å². The highest BCUT2D eigenvalue weighted by Crippen LogP contribution is 2.23. The molecule has 0 aliphatic heterocycles. The van der Waals surface area contributed by atoms with Gasteiger partial charge >= 0.3 is 0 Å². The van der Waals surface area contributed by atoms with Crippen molar-refractivity contribution in [3.63, 3.8) is 0 Å². The lowest BCUT2D eigenvalue weighted by molar-refractivity contribution is -0.0960. The van der Waals surface area contributed by atoms with E-state index in [0.717, 1.165) is 5.56 Å². The number of ether oxygens (including phenoxy) is 2. The Morgan fingerprint density at radius 1 is 1.24 bits per heavy atom. The van der Waals surface area contributed by atoms with Gasteiger partial charge in [0.1, 0.15) is 0 Å². The first-order valence-corrected chi connectivity index (χ1v) is 7.87. The molecule has 0 saturated heterocycles. The largest absolute Gasteiger partial charge is 0.355 e. The van der Waals surface area contributed by atoms with Gasteiger partial charge < -0.3 is 9.47 Å². The Kier molecular flexibility index (Phi) is 4.89. The van der Waals surface area contributed by atoms with Gasteiger partial charge in [-0.25, -0.2) is 13.1 Å². The van der Waals surface area contributed by atoms with Gasteiger partial charge in [-0.2, -0.15) is 0 Å². The Hall–Kier alpha value is -1.54. The van der Waals surface area contributed by atoms with E-state index in [2.05, 4.69) is 9.71 Å². The molecule has 0 atom stereocenters. The van der Waals surface area contributed by atoms with Crippen molar-refractivity contribution in [2.24, 2.45) is 0 Å². The predicted octanol–water partition coefficient (Wildman–Crippen LogP) is 1.44. The van der Waals surface area contributed by atoms with Gasteiger partial charge in [0.05, 0.1) is 17.0 Å². The fraction of sp³-hybridized carbons (Fsp3) is 0.357. The maximum atomic E-state index is 12.4. The third-order valence-corrected chi connectivity index (χ3v) is 4.67. The number of hydrogen-bond donors (Lipinski definition) is 1. The molecule has 2 rings (SSSR count). The molecule has 1 aromatic carbocycles. The fourth-order valence-electron chi connectivity index (χ4n) is 2.04. The molecule has 21 heavy (non-hydrogen) atoms. The number of nitrogens with zero attached hydrogens (tertiary/aromatic N) is 1. The Morgan fingerprint density at radius 2 is 1.95 bits per heavy atom. The number of benzene rings is 1. The summed E-state index contributed by atoms with van der Waals surface area (Å²) in [5, 5.41) is 0.594. The summed E-state index contributed by atoms with van der Waals surface area (Å²) in [7, 11) is -0.765. The third-order valence-electron chi connectivity index (χ3n) is 3.19. The lowest BCUT2D eigenvalue weighted by atomic mass is 10.1. The van der Waals surface area contributed by atoms with Crippen LogP contribution < -0.4 is 4.72 Å². The average molecular weight is 310 g/mol. The number of pyridine rings is 1. The lowest BCUT2D eigenvalue weighted by Gasteiger charge is -2.15. The summed E-state index contributed by atoms with van der Waals surface area (Å²) in [5.41, 5.74) is 1.60. The second-order valence-electron chi connectivity index (χ2n) is 4.53. The van der Waals surface area contributed by atoms with Gasteiger partial charge in [-0.15, -0.1) is 0 Å². The van der Waals surface area contributed by atoms with Gasteiger partial charge in [0.15, 0.2) is 6.29 Å². The second kappa shape index (κ2) is 6.48. The maximum absolute atomic E-state index is 12.4. The number of methoxy groups -OCH3 is 2. The molecule has 6 nitrogen and oxygen atoms in total. The van der Waals surface area contributed by atoms with E-state index < -0.39 is 16.3 Å². The Balaban J connectivity index is 2.39. The zero-order valence-corrected chi connectivity index (χ0v) is 13.0. The number of fused-ring (bicyclic) bond motifs is 1. The van der Waals surface area contributed by atoms with Crippen LogP contribution in [0.1, 0.15) is 5.56 Å². The van der Waals surface area contributed by atoms with Crippen molar-refractivity contribution in [1.82, 2.24) is 9.71 Å². The van der Waals surface area contributed by atoms with Crippen molar-refractivity contribution in [3.8, 4) is 0 Å². The molecule has 114 valence electrons. The minimum Gasteiger partial charge on any atom is -0.355 e. The molecule has 0 radical (unpaired) electrons. The zero-order chi connectivity index (χ0) is 15.5. The van der Waals surface area contributed by atoms with E-state index >= 15 is 0 Å². The molecule has 7 heteroatoms. The predicted molar refractivity (Wildman–Crippen MR) is 79.5 cm³/mol.